The fraction of sp³-hybridized carbons (Fsp3) is 0.125. The summed E-state index contributed by atoms with van der Waals surface area (Å²) in [6.07, 6.45) is 1.53. The first-order valence-electron chi connectivity index (χ1n) is 9.69. The van der Waals surface area contributed by atoms with E-state index < -0.39 is 17.8 Å². The molecule has 0 saturated carbocycles. The molecule has 6 nitrogen and oxygen atoms in total. The number of anilines is 1. The summed E-state index contributed by atoms with van der Waals surface area (Å²) in [4.78, 5) is 38.8. The van der Waals surface area contributed by atoms with E-state index in [1.165, 1.54) is 6.08 Å². The van der Waals surface area contributed by atoms with E-state index in [2.05, 4.69) is 9.88 Å². The number of amides is 4. The molecule has 1 aromatic heterocycles. The molecule has 4 rings (SSSR count). The SMILES string of the molecule is Cc1ccc(-n2c(C)cc(C=C3C(=O)NC(=O)N(c4ccc(Cl)cc4)C3=O)c2C)cc1. The highest BCUT2D eigenvalue weighted by molar-refractivity contribution is 6.39. The molecule has 2 heterocycles. The lowest BCUT2D eigenvalue weighted by molar-refractivity contribution is -0.122. The topological polar surface area (TPSA) is 71.4 Å². The first-order valence-corrected chi connectivity index (χ1v) is 10.1. The molecule has 0 atom stereocenters. The van der Waals surface area contributed by atoms with Gasteiger partial charge in [-0.25, -0.2) is 9.69 Å². The third-order valence-corrected chi connectivity index (χ3v) is 5.50. The molecule has 4 amide bonds. The van der Waals surface area contributed by atoms with Crippen LogP contribution in [0.2, 0.25) is 5.02 Å². The molecule has 3 aromatic rings. The van der Waals surface area contributed by atoms with E-state index >= 15 is 0 Å². The van der Waals surface area contributed by atoms with Gasteiger partial charge in [0.2, 0.25) is 0 Å². The summed E-state index contributed by atoms with van der Waals surface area (Å²) in [6, 6.07) is 15.5. The second-order valence-corrected chi connectivity index (χ2v) is 7.87. The minimum atomic E-state index is -0.792. The number of hydrogen-bond donors (Lipinski definition) is 1. The fourth-order valence-corrected chi connectivity index (χ4v) is 3.79. The Bertz CT molecular complexity index is 1240. The van der Waals surface area contributed by atoms with Crippen LogP contribution in [0.3, 0.4) is 0 Å². The Balaban J connectivity index is 1.75. The average Bonchev–Trinajstić information content (AvgIpc) is 3.00. The van der Waals surface area contributed by atoms with E-state index in [1.54, 1.807) is 24.3 Å². The quantitative estimate of drug-likeness (QED) is 0.479. The van der Waals surface area contributed by atoms with Crippen molar-refractivity contribution in [2.45, 2.75) is 20.8 Å². The summed E-state index contributed by atoms with van der Waals surface area (Å²) in [5.74, 6) is -1.41. The number of urea groups is 1. The molecule has 156 valence electrons. The summed E-state index contributed by atoms with van der Waals surface area (Å²) in [6.45, 7) is 5.91. The number of carbonyl (C=O) groups excluding carboxylic acids is 3. The Hall–Kier alpha value is -3.64. The Morgan fingerprint density at radius 2 is 1.48 bits per heavy atom. The normalized spacial score (nSPS) is 15.5. The Labute approximate surface area is 184 Å². The van der Waals surface area contributed by atoms with Gasteiger partial charge >= 0.3 is 6.03 Å². The van der Waals surface area contributed by atoms with Crippen LogP contribution in [0.1, 0.15) is 22.5 Å². The van der Waals surface area contributed by atoms with Crippen LogP contribution in [0, 0.1) is 20.8 Å². The molecule has 7 heteroatoms. The van der Waals surface area contributed by atoms with Gasteiger partial charge in [-0.05, 0) is 74.9 Å². The van der Waals surface area contributed by atoms with E-state index in [0.717, 1.165) is 33.1 Å². The van der Waals surface area contributed by atoms with Crippen LogP contribution in [0.4, 0.5) is 10.5 Å². The maximum atomic E-state index is 13.1. The van der Waals surface area contributed by atoms with Crippen LogP contribution >= 0.6 is 11.6 Å². The number of barbiturate groups is 1. The highest BCUT2D eigenvalue weighted by Gasteiger charge is 2.37. The molecule has 0 aliphatic carbocycles. The first-order chi connectivity index (χ1) is 14.8. The average molecular weight is 434 g/mol. The van der Waals surface area contributed by atoms with Crippen molar-refractivity contribution in [3.63, 3.8) is 0 Å². The fourth-order valence-electron chi connectivity index (χ4n) is 3.66. The van der Waals surface area contributed by atoms with Gasteiger partial charge in [0.25, 0.3) is 11.8 Å². The lowest BCUT2D eigenvalue weighted by atomic mass is 10.1. The number of nitrogens with one attached hydrogen (secondary N) is 1. The summed E-state index contributed by atoms with van der Waals surface area (Å²) >= 11 is 5.90. The van der Waals surface area contributed by atoms with E-state index in [1.807, 2.05) is 51.1 Å². The molecule has 1 fully saturated rings. The van der Waals surface area contributed by atoms with Gasteiger partial charge in [-0.1, -0.05) is 29.3 Å². The Kier molecular flexibility index (Phi) is 5.25. The molecule has 1 saturated heterocycles. The standard InChI is InChI=1S/C24H20ClN3O3/c1-14-4-8-19(9-5-14)27-15(2)12-17(16(27)3)13-21-22(29)26-24(31)28(23(21)30)20-10-6-18(25)7-11-20/h4-13H,1-3H3,(H,26,29,31). The molecule has 1 aliphatic rings. The third kappa shape index (κ3) is 3.78. The van der Waals surface area contributed by atoms with Crippen LogP contribution < -0.4 is 10.2 Å². The number of nitrogens with zero attached hydrogens (tertiary/aromatic N) is 2. The first kappa shape index (κ1) is 20.6. The third-order valence-electron chi connectivity index (χ3n) is 5.25. The van der Waals surface area contributed by atoms with Gasteiger partial charge in [0.05, 0.1) is 5.69 Å². The molecular formula is C24H20ClN3O3. The van der Waals surface area contributed by atoms with Crippen molar-refractivity contribution in [1.29, 1.82) is 0 Å². The number of aromatic nitrogens is 1. The second-order valence-electron chi connectivity index (χ2n) is 7.43. The molecule has 31 heavy (non-hydrogen) atoms. The van der Waals surface area contributed by atoms with Crippen LogP contribution in [0.15, 0.2) is 60.2 Å². The zero-order valence-electron chi connectivity index (χ0n) is 17.3. The van der Waals surface area contributed by atoms with Crippen molar-refractivity contribution >= 4 is 41.2 Å². The minimum Gasteiger partial charge on any atom is -0.318 e. The van der Waals surface area contributed by atoms with Gasteiger partial charge in [-0.2, -0.15) is 0 Å². The zero-order chi connectivity index (χ0) is 22.3. The van der Waals surface area contributed by atoms with Crippen molar-refractivity contribution in [3.8, 4) is 5.69 Å². The maximum Gasteiger partial charge on any atom is 0.335 e. The van der Waals surface area contributed by atoms with Crippen molar-refractivity contribution < 1.29 is 14.4 Å². The Morgan fingerprint density at radius 3 is 2.13 bits per heavy atom. The van der Waals surface area contributed by atoms with Crippen molar-refractivity contribution in [2.75, 3.05) is 4.90 Å². The van der Waals surface area contributed by atoms with Crippen molar-refractivity contribution in [3.05, 3.63) is 87.7 Å². The summed E-state index contributed by atoms with van der Waals surface area (Å²) in [7, 11) is 0. The predicted octanol–water partition coefficient (Wildman–Crippen LogP) is 4.72. The molecule has 0 bridgehead atoms. The highest BCUT2D eigenvalue weighted by atomic mass is 35.5. The maximum absolute atomic E-state index is 13.1. The van der Waals surface area contributed by atoms with Crippen LogP contribution in [-0.4, -0.2) is 22.4 Å². The molecular weight excluding hydrogens is 414 g/mol. The van der Waals surface area contributed by atoms with Crippen molar-refractivity contribution in [2.24, 2.45) is 0 Å². The van der Waals surface area contributed by atoms with Gasteiger partial charge in [-0.3, -0.25) is 14.9 Å². The van der Waals surface area contributed by atoms with E-state index in [9.17, 15) is 14.4 Å². The molecule has 0 unspecified atom stereocenters. The van der Waals surface area contributed by atoms with E-state index in [0.29, 0.717) is 10.7 Å². The summed E-state index contributed by atoms with van der Waals surface area (Å²) in [5.41, 5.74) is 4.93. The molecule has 2 aromatic carbocycles. The zero-order valence-corrected chi connectivity index (χ0v) is 18.0. The molecule has 1 N–H and O–H groups in total. The number of benzene rings is 2. The smallest absolute Gasteiger partial charge is 0.318 e. The summed E-state index contributed by atoms with van der Waals surface area (Å²) in [5, 5.41) is 2.72. The van der Waals surface area contributed by atoms with Gasteiger partial charge < -0.3 is 4.57 Å². The lowest BCUT2D eigenvalue weighted by Gasteiger charge is -2.26. The second kappa shape index (κ2) is 7.89. The van der Waals surface area contributed by atoms with Gasteiger partial charge in [0.15, 0.2) is 0 Å². The predicted molar refractivity (Wildman–Crippen MR) is 120 cm³/mol. The number of aryl methyl sites for hydroxylation is 2. The lowest BCUT2D eigenvalue weighted by Crippen LogP contribution is -2.54. The molecule has 0 spiro atoms. The largest absolute Gasteiger partial charge is 0.335 e. The number of carbonyl (C=O) groups is 3. The monoisotopic (exact) mass is 433 g/mol. The van der Waals surface area contributed by atoms with Crippen LogP contribution in [-0.2, 0) is 9.59 Å². The minimum absolute atomic E-state index is 0.112. The molecule has 0 radical (unpaired) electrons. The van der Waals surface area contributed by atoms with Gasteiger partial charge in [0.1, 0.15) is 5.57 Å². The van der Waals surface area contributed by atoms with Crippen LogP contribution in [0.5, 0.6) is 0 Å². The Morgan fingerprint density at radius 1 is 0.871 bits per heavy atom. The van der Waals surface area contributed by atoms with Gasteiger partial charge in [-0.15, -0.1) is 0 Å². The number of hydrogen-bond acceptors (Lipinski definition) is 3. The van der Waals surface area contributed by atoms with Crippen LogP contribution in [0.25, 0.3) is 11.8 Å². The molecule has 1 aliphatic heterocycles. The van der Waals surface area contributed by atoms with E-state index in [-0.39, 0.29) is 5.57 Å². The number of rotatable bonds is 3. The summed E-state index contributed by atoms with van der Waals surface area (Å²) < 4.78 is 2.05. The number of halogens is 1. The van der Waals surface area contributed by atoms with Crippen molar-refractivity contribution in [1.82, 2.24) is 9.88 Å². The van der Waals surface area contributed by atoms with Gasteiger partial charge in [0, 0.05) is 22.1 Å². The van der Waals surface area contributed by atoms with E-state index in [4.69, 9.17) is 11.6 Å². The highest BCUT2D eigenvalue weighted by Crippen LogP contribution is 2.26. The number of imide groups is 2.